The third-order valence-electron chi connectivity index (χ3n) is 4.14. The number of likely N-dealkylation sites (N-methyl/N-ethyl adjacent to an activating group) is 1. The van der Waals surface area contributed by atoms with Crippen molar-refractivity contribution in [3.8, 4) is 0 Å². The van der Waals surface area contributed by atoms with Gasteiger partial charge in [0.2, 0.25) is 6.41 Å². The van der Waals surface area contributed by atoms with E-state index in [9.17, 15) is 15.0 Å². The molecule has 1 aliphatic rings. The molecule has 0 aliphatic carbocycles. The fraction of sp³-hybridized carbons (Fsp3) is 0.765. The molecule has 0 spiro atoms. The third kappa shape index (κ3) is 5.58. The quantitative estimate of drug-likeness (QED) is 0.252. The number of unbranched alkanes of at least 4 members (excludes halogenated alkanes) is 2. The van der Waals surface area contributed by atoms with Crippen molar-refractivity contribution in [3.05, 3.63) is 11.8 Å². The first kappa shape index (κ1) is 20.6. The van der Waals surface area contributed by atoms with Crippen LogP contribution in [0.15, 0.2) is 16.8 Å². The van der Waals surface area contributed by atoms with Gasteiger partial charge in [-0.25, -0.2) is 0 Å². The molecule has 1 amide bonds. The van der Waals surface area contributed by atoms with Crippen molar-refractivity contribution in [3.63, 3.8) is 0 Å². The SMILES string of the molecule is CCCCCN=C(NC=O)/C(C)=C\N(C)C1OC(CC)C(O)C1O. The van der Waals surface area contributed by atoms with E-state index < -0.39 is 18.4 Å². The Morgan fingerprint density at radius 2 is 2.00 bits per heavy atom. The highest BCUT2D eigenvalue weighted by atomic mass is 16.6. The van der Waals surface area contributed by atoms with Gasteiger partial charge in [-0.1, -0.05) is 26.7 Å². The van der Waals surface area contributed by atoms with Crippen molar-refractivity contribution in [1.82, 2.24) is 10.2 Å². The lowest BCUT2D eigenvalue weighted by Crippen LogP contribution is -2.40. The summed E-state index contributed by atoms with van der Waals surface area (Å²) in [5, 5.41) is 22.7. The zero-order valence-electron chi connectivity index (χ0n) is 15.1. The number of aliphatic hydroxyl groups excluding tert-OH is 2. The highest BCUT2D eigenvalue weighted by Crippen LogP contribution is 2.25. The van der Waals surface area contributed by atoms with E-state index in [-0.39, 0.29) is 6.10 Å². The lowest BCUT2D eigenvalue weighted by molar-refractivity contribution is -0.108. The predicted octanol–water partition coefficient (Wildman–Crippen LogP) is 1.01. The Labute approximate surface area is 144 Å². The van der Waals surface area contributed by atoms with Gasteiger partial charge in [0.25, 0.3) is 0 Å². The van der Waals surface area contributed by atoms with Crippen LogP contribution in [-0.2, 0) is 9.53 Å². The summed E-state index contributed by atoms with van der Waals surface area (Å²) in [4.78, 5) is 16.9. The topological polar surface area (TPSA) is 94.4 Å². The van der Waals surface area contributed by atoms with Gasteiger partial charge in [0.05, 0.1) is 6.10 Å². The summed E-state index contributed by atoms with van der Waals surface area (Å²) in [6, 6.07) is 0. The summed E-state index contributed by atoms with van der Waals surface area (Å²) in [6.07, 6.45) is 3.29. The maximum atomic E-state index is 10.8. The molecule has 138 valence electrons. The van der Waals surface area contributed by atoms with E-state index in [0.29, 0.717) is 25.2 Å². The number of carbonyl (C=O) groups excluding carboxylic acids is 1. The van der Waals surface area contributed by atoms with Gasteiger partial charge in [-0.05, 0) is 19.8 Å². The molecule has 1 heterocycles. The normalized spacial score (nSPS) is 28.1. The van der Waals surface area contributed by atoms with E-state index in [1.165, 1.54) is 0 Å². The summed E-state index contributed by atoms with van der Waals surface area (Å²) < 4.78 is 5.70. The Kier molecular flexibility index (Phi) is 8.95. The molecule has 1 fully saturated rings. The van der Waals surface area contributed by atoms with Gasteiger partial charge >= 0.3 is 0 Å². The summed E-state index contributed by atoms with van der Waals surface area (Å²) in [6.45, 7) is 6.51. The van der Waals surface area contributed by atoms with E-state index >= 15 is 0 Å². The molecule has 4 unspecified atom stereocenters. The minimum atomic E-state index is -0.979. The van der Waals surface area contributed by atoms with Crippen LogP contribution in [0.1, 0.15) is 46.5 Å². The predicted molar refractivity (Wildman–Crippen MR) is 93.5 cm³/mol. The van der Waals surface area contributed by atoms with Gasteiger partial charge in [0.1, 0.15) is 18.0 Å². The monoisotopic (exact) mass is 341 g/mol. The van der Waals surface area contributed by atoms with E-state index in [1.54, 1.807) is 18.1 Å². The van der Waals surface area contributed by atoms with Crippen LogP contribution in [0.25, 0.3) is 0 Å². The summed E-state index contributed by atoms with van der Waals surface area (Å²) in [5.41, 5.74) is 0.756. The summed E-state index contributed by atoms with van der Waals surface area (Å²) >= 11 is 0. The lowest BCUT2D eigenvalue weighted by atomic mass is 10.1. The molecule has 4 atom stereocenters. The second-order valence-corrected chi connectivity index (χ2v) is 6.13. The van der Waals surface area contributed by atoms with Crippen LogP contribution in [0.2, 0.25) is 0 Å². The Bertz CT molecular complexity index is 453. The first-order chi connectivity index (χ1) is 11.5. The zero-order valence-corrected chi connectivity index (χ0v) is 15.1. The first-order valence-corrected chi connectivity index (χ1v) is 8.63. The van der Waals surface area contributed by atoms with Crippen LogP contribution >= 0.6 is 0 Å². The van der Waals surface area contributed by atoms with Crippen molar-refractivity contribution < 1.29 is 19.7 Å². The van der Waals surface area contributed by atoms with Crippen LogP contribution in [0, 0.1) is 0 Å². The zero-order chi connectivity index (χ0) is 18.1. The fourth-order valence-electron chi connectivity index (χ4n) is 2.74. The van der Waals surface area contributed by atoms with Gasteiger partial charge in [-0.15, -0.1) is 0 Å². The smallest absolute Gasteiger partial charge is 0.212 e. The van der Waals surface area contributed by atoms with E-state index in [0.717, 1.165) is 24.8 Å². The number of amidine groups is 1. The first-order valence-electron chi connectivity index (χ1n) is 8.63. The van der Waals surface area contributed by atoms with E-state index in [4.69, 9.17) is 4.74 Å². The minimum absolute atomic E-state index is 0.378. The van der Waals surface area contributed by atoms with Gasteiger partial charge in [-0.2, -0.15) is 0 Å². The van der Waals surface area contributed by atoms with Crippen LogP contribution < -0.4 is 5.32 Å². The number of nitrogens with one attached hydrogen (secondary N) is 1. The van der Waals surface area contributed by atoms with Gasteiger partial charge in [-0.3, -0.25) is 9.79 Å². The van der Waals surface area contributed by atoms with E-state index in [1.807, 2.05) is 13.8 Å². The second kappa shape index (κ2) is 10.4. The minimum Gasteiger partial charge on any atom is -0.388 e. The molecule has 1 aliphatic heterocycles. The van der Waals surface area contributed by atoms with Gasteiger partial charge < -0.3 is 25.2 Å². The third-order valence-corrected chi connectivity index (χ3v) is 4.14. The highest BCUT2D eigenvalue weighted by molar-refractivity contribution is 6.02. The second-order valence-electron chi connectivity index (χ2n) is 6.13. The van der Waals surface area contributed by atoms with Crippen LogP contribution in [0.5, 0.6) is 0 Å². The molecule has 7 heteroatoms. The number of carbonyl (C=O) groups is 1. The number of rotatable bonds is 9. The molecule has 0 aromatic carbocycles. The molecule has 1 rings (SSSR count). The maximum Gasteiger partial charge on any atom is 0.212 e. The Balaban J connectivity index is 2.78. The molecule has 0 saturated carbocycles. The molecule has 0 aromatic heterocycles. The number of aliphatic hydroxyl groups is 2. The van der Waals surface area contributed by atoms with Crippen LogP contribution in [-0.4, -0.2) is 65.5 Å². The largest absolute Gasteiger partial charge is 0.388 e. The number of ether oxygens (including phenoxy) is 1. The Hall–Kier alpha value is -1.44. The van der Waals surface area contributed by atoms with E-state index in [2.05, 4.69) is 17.2 Å². The number of nitrogens with zero attached hydrogens (tertiary/aromatic N) is 2. The van der Waals surface area contributed by atoms with Crippen LogP contribution in [0.3, 0.4) is 0 Å². The molecule has 3 N–H and O–H groups in total. The average molecular weight is 341 g/mol. The lowest BCUT2D eigenvalue weighted by Gasteiger charge is -2.26. The average Bonchev–Trinajstić information content (AvgIpc) is 2.85. The molecular weight excluding hydrogens is 310 g/mol. The molecule has 0 aromatic rings. The summed E-state index contributed by atoms with van der Waals surface area (Å²) in [5.74, 6) is 0.507. The van der Waals surface area contributed by atoms with Crippen molar-refractivity contribution in [2.45, 2.75) is 71.0 Å². The Morgan fingerprint density at radius 3 is 2.54 bits per heavy atom. The summed E-state index contributed by atoms with van der Waals surface area (Å²) in [7, 11) is 1.76. The fourth-order valence-corrected chi connectivity index (χ4v) is 2.74. The number of aliphatic imine (C=N–C) groups is 1. The molecule has 7 nitrogen and oxygen atoms in total. The van der Waals surface area contributed by atoms with Gasteiger partial charge in [0, 0.05) is 25.4 Å². The van der Waals surface area contributed by atoms with Crippen molar-refractivity contribution in [1.29, 1.82) is 0 Å². The molecule has 24 heavy (non-hydrogen) atoms. The Morgan fingerprint density at radius 1 is 1.29 bits per heavy atom. The standard InChI is InChI=1S/C17H31N3O4/c1-5-7-8-9-18-16(19-11-21)12(3)10-20(4)17-15(23)14(22)13(6-2)24-17/h10-11,13-15,17,22-23H,5-9H2,1-4H3,(H,18,19,21)/b12-10-. The maximum absolute atomic E-state index is 10.8. The van der Waals surface area contributed by atoms with Crippen molar-refractivity contribution in [2.75, 3.05) is 13.6 Å². The molecular formula is C17H31N3O4. The highest BCUT2D eigenvalue weighted by Gasteiger charge is 2.43. The molecule has 0 bridgehead atoms. The number of amides is 1. The molecule has 1 saturated heterocycles. The van der Waals surface area contributed by atoms with Gasteiger partial charge in [0.15, 0.2) is 6.23 Å². The molecule has 0 radical (unpaired) electrons. The number of hydrogen-bond acceptors (Lipinski definition) is 6. The van der Waals surface area contributed by atoms with Crippen LogP contribution in [0.4, 0.5) is 0 Å². The van der Waals surface area contributed by atoms with Crippen molar-refractivity contribution >= 4 is 12.2 Å². The number of hydrogen-bond donors (Lipinski definition) is 3. The van der Waals surface area contributed by atoms with Crippen molar-refractivity contribution in [2.24, 2.45) is 4.99 Å².